The summed E-state index contributed by atoms with van der Waals surface area (Å²) in [5.41, 5.74) is 4.80. The van der Waals surface area contributed by atoms with Crippen molar-refractivity contribution in [2.75, 3.05) is 24.6 Å². The number of rotatable bonds is 8. The Kier molecular flexibility index (Phi) is 9.28. The number of likely N-dealkylation sites (tertiary alicyclic amines) is 1. The number of nitrogens with zero attached hydrogens (tertiary/aromatic N) is 1. The Morgan fingerprint density at radius 1 is 1.19 bits per heavy atom. The van der Waals surface area contributed by atoms with Crippen molar-refractivity contribution < 1.29 is 24.2 Å². The maximum atomic E-state index is 13.6. The fraction of sp³-hybridized carbons (Fsp3) is 0.857. The Morgan fingerprint density at radius 2 is 1.91 bits per heavy atom. The summed E-state index contributed by atoms with van der Waals surface area (Å²) in [6.07, 6.45) is 6.69. The van der Waals surface area contributed by atoms with E-state index in [1.807, 2.05) is 31.7 Å². The summed E-state index contributed by atoms with van der Waals surface area (Å²) in [6.45, 7) is 18.3. The van der Waals surface area contributed by atoms with Crippen LogP contribution < -0.4 is 5.73 Å². The molecule has 0 aromatic heterocycles. The van der Waals surface area contributed by atoms with E-state index in [9.17, 15) is 19.5 Å². The number of Topliss-reactive ketones (excluding diaryl/α,β-unsaturated/α-hetero) is 1. The first-order valence-corrected chi connectivity index (χ1v) is 18.0. The van der Waals surface area contributed by atoms with Crippen molar-refractivity contribution in [1.29, 1.82) is 0 Å². The molecule has 242 valence electrons. The fourth-order valence-electron chi connectivity index (χ4n) is 10.2. The molecule has 0 aromatic rings. The van der Waals surface area contributed by atoms with Gasteiger partial charge in [0.05, 0.1) is 17.9 Å². The minimum atomic E-state index is -0.657. The number of carbonyl (C=O) groups is 3. The highest BCUT2D eigenvalue weighted by Gasteiger charge is 2.68. The third-order valence-corrected chi connectivity index (χ3v) is 14.6. The topological polar surface area (TPSA) is 110 Å². The highest BCUT2D eigenvalue weighted by molar-refractivity contribution is 7.99. The molecule has 4 saturated carbocycles. The molecule has 5 fully saturated rings. The first-order valence-electron chi connectivity index (χ1n) is 16.9. The lowest BCUT2D eigenvalue weighted by molar-refractivity contribution is -0.205. The second-order valence-electron chi connectivity index (χ2n) is 15.9. The van der Waals surface area contributed by atoms with E-state index in [1.165, 1.54) is 0 Å². The van der Waals surface area contributed by atoms with Crippen molar-refractivity contribution in [2.45, 2.75) is 105 Å². The molecule has 5 aliphatic rings. The molecule has 1 aliphatic heterocycles. The number of aliphatic hydroxyl groups is 1. The van der Waals surface area contributed by atoms with E-state index in [-0.39, 0.29) is 52.5 Å². The Bertz CT molecular complexity index is 1110. The first-order chi connectivity index (χ1) is 20.2. The number of thioether (sulfide) groups is 1. The predicted octanol–water partition coefficient (Wildman–Crippen LogP) is 5.09. The average Bonchev–Trinajstić information content (AvgIpc) is 3.66. The molecule has 5 rings (SSSR count). The molecule has 12 atom stereocenters. The zero-order chi connectivity index (χ0) is 31.5. The van der Waals surface area contributed by atoms with Gasteiger partial charge in [0.2, 0.25) is 5.91 Å². The van der Waals surface area contributed by atoms with Gasteiger partial charge in [-0.2, -0.15) is 0 Å². The van der Waals surface area contributed by atoms with Crippen LogP contribution >= 0.6 is 11.8 Å². The van der Waals surface area contributed by atoms with Gasteiger partial charge in [-0.25, -0.2) is 0 Å². The van der Waals surface area contributed by atoms with Gasteiger partial charge in [-0.1, -0.05) is 47.6 Å². The summed E-state index contributed by atoms with van der Waals surface area (Å²) in [4.78, 5) is 42.0. The standard InChI is InChI=1S/C35H56N2O5S/c1-8-33(6)15-27(34(7)21(4)11-13-35(22(5)31(33)40)14-12-26(38)30(34)35)42-28(39)19-43-18-24-10-9-23-16-37(17-25(23)24)32(41)29(36)20(2)3/h8,20-25,27,29-31,40H,1,9-19,36H2,2-7H3/t21-,22+,23?,24?,25?,27-,29-,30+,31+,33-,34+,35+/m1/s1. The number of nitrogens with two attached hydrogens (primary N) is 1. The second-order valence-corrected chi connectivity index (χ2v) is 16.9. The lowest BCUT2D eigenvalue weighted by Gasteiger charge is -2.61. The SMILES string of the molecule is C=C[C@]1(C)C[C@@H](OC(=O)CSCC2CCC3CN(C(=O)[C@H](N)C(C)C)CC23)[C@]2(C)[C@H](C)CC[C@]3(CCC(=O)[C@H]32)[C@@H](C)[C@@H]1O. The van der Waals surface area contributed by atoms with Gasteiger partial charge >= 0.3 is 5.97 Å². The van der Waals surface area contributed by atoms with Crippen molar-refractivity contribution in [1.82, 2.24) is 4.90 Å². The number of ether oxygens (including phenoxy) is 1. The number of esters is 1. The molecule has 43 heavy (non-hydrogen) atoms. The van der Waals surface area contributed by atoms with Crippen LogP contribution in [0.25, 0.3) is 0 Å². The van der Waals surface area contributed by atoms with E-state index in [2.05, 4.69) is 27.4 Å². The van der Waals surface area contributed by atoms with Gasteiger partial charge in [0.15, 0.2) is 0 Å². The molecule has 1 saturated heterocycles. The molecule has 3 unspecified atom stereocenters. The summed E-state index contributed by atoms with van der Waals surface area (Å²) in [5.74, 6) is 2.83. The third-order valence-electron chi connectivity index (χ3n) is 13.4. The molecule has 3 N–H and O–H groups in total. The van der Waals surface area contributed by atoms with Crippen molar-refractivity contribution in [2.24, 2.45) is 63.4 Å². The average molecular weight is 617 g/mol. The number of ketones is 1. The molecule has 0 aromatic carbocycles. The van der Waals surface area contributed by atoms with Gasteiger partial charge < -0.3 is 20.5 Å². The summed E-state index contributed by atoms with van der Waals surface area (Å²) >= 11 is 1.64. The second kappa shape index (κ2) is 12.1. The molecule has 1 amide bonds. The van der Waals surface area contributed by atoms with E-state index in [0.717, 1.165) is 50.9 Å². The van der Waals surface area contributed by atoms with Crippen molar-refractivity contribution in [3.63, 3.8) is 0 Å². The number of hydrogen-bond donors (Lipinski definition) is 2. The summed E-state index contributed by atoms with van der Waals surface area (Å²) in [5, 5.41) is 11.7. The van der Waals surface area contributed by atoms with E-state index in [1.54, 1.807) is 11.8 Å². The molecule has 0 radical (unpaired) electrons. The van der Waals surface area contributed by atoms with Crippen molar-refractivity contribution >= 4 is 29.4 Å². The van der Waals surface area contributed by atoms with Crippen LogP contribution in [0.4, 0.5) is 0 Å². The molecular formula is C35H56N2O5S. The van der Waals surface area contributed by atoms with E-state index < -0.39 is 29.1 Å². The molecule has 7 nitrogen and oxygen atoms in total. The first kappa shape index (κ1) is 33.0. The normalized spacial score (nSPS) is 44.9. The van der Waals surface area contributed by atoms with E-state index in [0.29, 0.717) is 30.6 Å². The molecule has 1 heterocycles. The van der Waals surface area contributed by atoms with Crippen LogP contribution in [0.2, 0.25) is 0 Å². The van der Waals surface area contributed by atoms with Crippen LogP contribution in [-0.2, 0) is 19.1 Å². The van der Waals surface area contributed by atoms with E-state index >= 15 is 0 Å². The van der Waals surface area contributed by atoms with Crippen LogP contribution in [0.3, 0.4) is 0 Å². The summed E-state index contributed by atoms with van der Waals surface area (Å²) in [7, 11) is 0. The Balaban J connectivity index is 1.26. The number of fused-ring (bicyclic) bond motifs is 1. The minimum absolute atomic E-state index is 0.0378. The molecule has 2 bridgehead atoms. The molecule has 4 aliphatic carbocycles. The lowest BCUT2D eigenvalue weighted by atomic mass is 9.44. The fourth-order valence-corrected chi connectivity index (χ4v) is 11.3. The number of aliphatic hydroxyl groups excluding tert-OH is 1. The lowest BCUT2D eigenvalue weighted by Crippen LogP contribution is -2.63. The monoisotopic (exact) mass is 616 g/mol. The maximum absolute atomic E-state index is 13.6. The predicted molar refractivity (Wildman–Crippen MR) is 171 cm³/mol. The van der Waals surface area contributed by atoms with Crippen LogP contribution in [0.15, 0.2) is 12.7 Å². The molecule has 8 heteroatoms. The maximum Gasteiger partial charge on any atom is 0.316 e. The highest BCUT2D eigenvalue weighted by Crippen LogP contribution is 2.68. The minimum Gasteiger partial charge on any atom is -0.461 e. The smallest absolute Gasteiger partial charge is 0.316 e. The summed E-state index contributed by atoms with van der Waals surface area (Å²) in [6, 6.07) is -0.444. The van der Waals surface area contributed by atoms with Gasteiger partial charge in [0.25, 0.3) is 0 Å². The van der Waals surface area contributed by atoms with Gasteiger partial charge in [0, 0.05) is 36.3 Å². The third kappa shape index (κ3) is 5.43. The van der Waals surface area contributed by atoms with Crippen LogP contribution in [-0.4, -0.2) is 70.5 Å². The quantitative estimate of drug-likeness (QED) is 0.289. The Labute approximate surface area is 263 Å². The zero-order valence-electron chi connectivity index (χ0n) is 27.3. The van der Waals surface area contributed by atoms with E-state index in [4.69, 9.17) is 10.5 Å². The largest absolute Gasteiger partial charge is 0.461 e. The zero-order valence-corrected chi connectivity index (χ0v) is 28.2. The van der Waals surface area contributed by atoms with Crippen molar-refractivity contribution in [3.8, 4) is 0 Å². The van der Waals surface area contributed by atoms with Gasteiger partial charge in [0.1, 0.15) is 11.9 Å². The molecule has 0 spiro atoms. The summed E-state index contributed by atoms with van der Waals surface area (Å²) < 4.78 is 6.43. The number of carbonyl (C=O) groups excluding carboxylic acids is 3. The molecular weight excluding hydrogens is 560 g/mol. The van der Waals surface area contributed by atoms with Gasteiger partial charge in [-0.05, 0) is 85.2 Å². The van der Waals surface area contributed by atoms with Crippen LogP contribution in [0.1, 0.15) is 86.5 Å². The van der Waals surface area contributed by atoms with Gasteiger partial charge in [-0.15, -0.1) is 18.3 Å². The van der Waals surface area contributed by atoms with Crippen LogP contribution in [0, 0.1) is 57.7 Å². The van der Waals surface area contributed by atoms with Gasteiger partial charge in [-0.3, -0.25) is 14.4 Å². The van der Waals surface area contributed by atoms with Crippen molar-refractivity contribution in [3.05, 3.63) is 12.7 Å². The Hall–Kier alpha value is -1.38. The van der Waals surface area contributed by atoms with Crippen LogP contribution in [0.5, 0.6) is 0 Å². The number of amides is 1. The highest BCUT2D eigenvalue weighted by atomic mass is 32.2. The Morgan fingerprint density at radius 3 is 2.58 bits per heavy atom. The number of hydrogen-bond acceptors (Lipinski definition) is 7.